The van der Waals surface area contributed by atoms with Crippen molar-refractivity contribution in [3.63, 3.8) is 0 Å². The minimum Gasteiger partial charge on any atom is -0.462 e. The molecule has 3 atom stereocenters. The molecular weight excluding hydrogens is 928 g/mol. The van der Waals surface area contributed by atoms with E-state index in [9.17, 15) is 28.9 Å². The number of aliphatic hydroxyl groups excluding tert-OH is 1. The van der Waals surface area contributed by atoms with Crippen molar-refractivity contribution < 1.29 is 52.2 Å². The van der Waals surface area contributed by atoms with Gasteiger partial charge in [0.15, 0.2) is 6.10 Å². The van der Waals surface area contributed by atoms with Gasteiger partial charge < -0.3 is 24.2 Å². The molecular formula is C60H109O11P. The van der Waals surface area contributed by atoms with Crippen LogP contribution in [0, 0.1) is 0 Å². The van der Waals surface area contributed by atoms with Crippen molar-refractivity contribution in [1.82, 2.24) is 0 Å². The van der Waals surface area contributed by atoms with Crippen molar-refractivity contribution in [3.05, 3.63) is 48.6 Å². The molecule has 11 nitrogen and oxygen atoms in total. The molecule has 0 aromatic carbocycles. The lowest BCUT2D eigenvalue weighted by atomic mass is 10.0. The molecule has 3 unspecified atom stereocenters. The van der Waals surface area contributed by atoms with Gasteiger partial charge in [-0.3, -0.25) is 23.4 Å². The molecule has 0 fully saturated rings. The summed E-state index contributed by atoms with van der Waals surface area (Å²) in [6, 6.07) is 0. The van der Waals surface area contributed by atoms with Crippen molar-refractivity contribution in [2.24, 2.45) is 0 Å². The van der Waals surface area contributed by atoms with E-state index in [1.165, 1.54) is 128 Å². The average Bonchev–Trinajstić information content (AvgIpc) is 3.37. The lowest BCUT2D eigenvalue weighted by Gasteiger charge is -2.21. The van der Waals surface area contributed by atoms with Gasteiger partial charge in [0.2, 0.25) is 0 Å². The number of hydrogen-bond acceptors (Lipinski definition) is 10. The summed E-state index contributed by atoms with van der Waals surface area (Å²) < 4.78 is 39.5. The lowest BCUT2D eigenvalue weighted by molar-refractivity contribution is -0.161. The predicted octanol–water partition coefficient (Wildman–Crippen LogP) is 17.4. The van der Waals surface area contributed by atoms with Gasteiger partial charge in [0.05, 0.1) is 19.8 Å². The highest BCUT2D eigenvalue weighted by molar-refractivity contribution is 7.47. The number of unbranched alkanes of at least 4 members (excludes halogenated alkanes) is 30. The SMILES string of the molecule is CC/C=C\C/C=C\C/C=C\C/C=C\CCCCCCC(=O)OCC(COP(=O)(O)OCC(CO)OC(=O)CCCCCCCCCCCCC)OC(=O)CCCCCCCCCCCCCCCCCCC. The maximum Gasteiger partial charge on any atom is 0.472 e. The highest BCUT2D eigenvalue weighted by Crippen LogP contribution is 2.43. The predicted molar refractivity (Wildman–Crippen MR) is 298 cm³/mol. The highest BCUT2D eigenvalue weighted by Gasteiger charge is 2.28. The number of esters is 3. The third-order valence-corrected chi connectivity index (χ3v) is 13.7. The fraction of sp³-hybridized carbons (Fsp3) is 0.817. The minimum absolute atomic E-state index is 0.167. The molecule has 0 aromatic heterocycles. The van der Waals surface area contributed by atoms with Crippen LogP contribution in [0.4, 0.5) is 0 Å². The third-order valence-electron chi connectivity index (χ3n) is 12.8. The van der Waals surface area contributed by atoms with Crippen LogP contribution in [0.2, 0.25) is 0 Å². The molecule has 2 N–H and O–H groups in total. The molecule has 0 spiro atoms. The zero-order valence-electron chi connectivity index (χ0n) is 46.4. The number of aliphatic hydroxyl groups is 1. The fourth-order valence-corrected chi connectivity index (χ4v) is 9.07. The molecule has 0 aliphatic carbocycles. The number of hydrogen-bond donors (Lipinski definition) is 2. The summed E-state index contributed by atoms with van der Waals surface area (Å²) in [5, 5.41) is 9.80. The second kappa shape index (κ2) is 54.7. The Balaban J connectivity index is 4.73. The smallest absolute Gasteiger partial charge is 0.462 e. The normalized spacial score (nSPS) is 13.7. The van der Waals surface area contributed by atoms with Crippen molar-refractivity contribution in [3.8, 4) is 0 Å². The van der Waals surface area contributed by atoms with Crippen LogP contribution in [0.1, 0.15) is 278 Å². The lowest BCUT2D eigenvalue weighted by Crippen LogP contribution is -2.30. The summed E-state index contributed by atoms with van der Waals surface area (Å²) in [7, 11) is -4.75. The van der Waals surface area contributed by atoms with E-state index in [4.69, 9.17) is 23.3 Å². The number of rotatable bonds is 55. The molecule has 0 saturated heterocycles. The summed E-state index contributed by atoms with van der Waals surface area (Å²) in [6.45, 7) is 4.54. The zero-order chi connectivity index (χ0) is 52.7. The number of ether oxygens (including phenoxy) is 3. The molecule has 12 heteroatoms. The molecule has 0 saturated carbocycles. The molecule has 72 heavy (non-hydrogen) atoms. The van der Waals surface area contributed by atoms with Gasteiger partial charge in [0.25, 0.3) is 0 Å². The third kappa shape index (κ3) is 52.3. The summed E-state index contributed by atoms with van der Waals surface area (Å²) in [4.78, 5) is 48.5. The van der Waals surface area contributed by atoms with E-state index in [0.717, 1.165) is 89.9 Å². The monoisotopic (exact) mass is 1040 g/mol. The molecule has 0 bridgehead atoms. The van der Waals surface area contributed by atoms with Gasteiger partial charge in [-0.1, -0.05) is 249 Å². The molecule has 420 valence electrons. The molecule has 0 aliphatic heterocycles. The Morgan fingerprint density at radius 2 is 0.722 bits per heavy atom. The molecule has 0 rings (SSSR count). The Kier molecular flexibility index (Phi) is 52.7. The Bertz CT molecular complexity index is 1400. The zero-order valence-corrected chi connectivity index (χ0v) is 47.3. The minimum atomic E-state index is -4.75. The fourth-order valence-electron chi connectivity index (χ4n) is 8.29. The Morgan fingerprint density at radius 1 is 0.403 bits per heavy atom. The van der Waals surface area contributed by atoms with Crippen LogP contribution in [0.15, 0.2) is 48.6 Å². The Labute approximate surface area is 441 Å². The number of carbonyl (C=O) groups excluding carboxylic acids is 3. The van der Waals surface area contributed by atoms with Gasteiger partial charge in [-0.15, -0.1) is 0 Å². The first kappa shape index (κ1) is 69.4. The van der Waals surface area contributed by atoms with Crippen LogP contribution < -0.4 is 0 Å². The highest BCUT2D eigenvalue weighted by atomic mass is 31.2. The van der Waals surface area contributed by atoms with Crippen LogP contribution in [0.3, 0.4) is 0 Å². The quantitative estimate of drug-likeness (QED) is 0.0197. The Hall–Kier alpha value is -2.56. The van der Waals surface area contributed by atoms with Crippen LogP contribution in [0.5, 0.6) is 0 Å². The summed E-state index contributed by atoms with van der Waals surface area (Å²) >= 11 is 0. The van der Waals surface area contributed by atoms with E-state index in [2.05, 4.69) is 69.4 Å². The van der Waals surface area contributed by atoms with Crippen LogP contribution in [-0.2, 0) is 42.2 Å². The maximum absolute atomic E-state index is 12.9. The Morgan fingerprint density at radius 3 is 1.11 bits per heavy atom. The van der Waals surface area contributed by atoms with Gasteiger partial charge >= 0.3 is 25.7 Å². The van der Waals surface area contributed by atoms with Crippen LogP contribution in [0.25, 0.3) is 0 Å². The van der Waals surface area contributed by atoms with Crippen molar-refractivity contribution in [2.75, 3.05) is 26.4 Å². The van der Waals surface area contributed by atoms with Crippen LogP contribution in [-0.4, -0.2) is 66.5 Å². The van der Waals surface area contributed by atoms with Gasteiger partial charge in [-0.05, 0) is 57.8 Å². The van der Waals surface area contributed by atoms with Crippen molar-refractivity contribution >= 4 is 25.7 Å². The van der Waals surface area contributed by atoms with E-state index in [0.29, 0.717) is 19.3 Å². The number of phosphoric ester groups is 1. The molecule has 0 radical (unpaired) electrons. The number of carbonyl (C=O) groups is 3. The first-order valence-corrected chi connectivity index (χ1v) is 31.0. The second-order valence-electron chi connectivity index (χ2n) is 19.8. The van der Waals surface area contributed by atoms with E-state index < -0.39 is 57.8 Å². The van der Waals surface area contributed by atoms with Gasteiger partial charge in [-0.25, -0.2) is 4.57 Å². The average molecular weight is 1040 g/mol. The maximum atomic E-state index is 12.9. The first-order chi connectivity index (χ1) is 35.2. The van der Waals surface area contributed by atoms with E-state index >= 15 is 0 Å². The number of allylic oxidation sites excluding steroid dienone is 8. The second-order valence-corrected chi connectivity index (χ2v) is 21.2. The molecule has 0 aromatic rings. The van der Waals surface area contributed by atoms with Gasteiger partial charge in [0.1, 0.15) is 12.7 Å². The van der Waals surface area contributed by atoms with E-state index in [1.807, 2.05) is 0 Å². The van der Waals surface area contributed by atoms with Crippen molar-refractivity contribution in [1.29, 1.82) is 0 Å². The molecule has 0 heterocycles. The summed E-state index contributed by atoms with van der Waals surface area (Å²) in [6.07, 6.45) is 57.8. The number of phosphoric acid groups is 1. The van der Waals surface area contributed by atoms with E-state index in [-0.39, 0.29) is 25.9 Å². The van der Waals surface area contributed by atoms with Crippen LogP contribution >= 0.6 is 7.82 Å². The van der Waals surface area contributed by atoms with Gasteiger partial charge in [-0.2, -0.15) is 0 Å². The van der Waals surface area contributed by atoms with Crippen molar-refractivity contribution in [2.45, 2.75) is 290 Å². The summed E-state index contributed by atoms with van der Waals surface area (Å²) in [5.41, 5.74) is 0. The largest absolute Gasteiger partial charge is 0.472 e. The molecule has 0 aliphatic rings. The van der Waals surface area contributed by atoms with Gasteiger partial charge in [0, 0.05) is 19.3 Å². The standard InChI is InChI=1S/C60H109O11P/c1-4-7-10-13-16-19-22-24-26-28-30-32-35-37-40-43-46-49-58(62)67-53-57(71-60(64)51-48-45-42-39-36-33-31-29-27-25-23-20-17-14-11-8-5-2)55-69-72(65,66)68-54-56(52-61)70-59(63)50-47-44-41-38-34-21-18-15-12-9-6-3/h7,10,16,19,24,26,30,32,56-57,61H,4-6,8-9,11-15,17-18,20-23,25,27-29,31,33-55H2,1-3H3,(H,65,66)/b10-7-,19-16-,26-24-,32-30-. The first-order valence-electron chi connectivity index (χ1n) is 29.5. The summed E-state index contributed by atoms with van der Waals surface area (Å²) in [5.74, 6) is -1.47. The molecule has 0 amide bonds. The topological polar surface area (TPSA) is 155 Å². The van der Waals surface area contributed by atoms with E-state index in [1.54, 1.807) is 0 Å².